The number of imide groups is 1. The third-order valence-electron chi connectivity index (χ3n) is 5.58. The summed E-state index contributed by atoms with van der Waals surface area (Å²) in [6, 6.07) is 17.4. The van der Waals surface area contributed by atoms with Crippen molar-refractivity contribution in [3.63, 3.8) is 0 Å². The normalized spacial score (nSPS) is 13.3. The Hall–Kier alpha value is -4.14. The average molecular weight is 552 g/mol. The van der Waals surface area contributed by atoms with Crippen LogP contribution in [0.1, 0.15) is 40.1 Å². The highest BCUT2D eigenvalue weighted by atomic mass is 35.5. The van der Waals surface area contributed by atoms with Gasteiger partial charge in [-0.2, -0.15) is 0 Å². The predicted molar refractivity (Wildman–Crippen MR) is 147 cm³/mol. The predicted octanol–water partition coefficient (Wildman–Crippen LogP) is 5.90. The summed E-state index contributed by atoms with van der Waals surface area (Å²) in [5.74, 6) is -2.21. The number of nitrogens with one attached hydrogen (secondary N) is 2. The fourth-order valence-corrected chi connectivity index (χ4v) is 3.99. The van der Waals surface area contributed by atoms with E-state index in [-0.39, 0.29) is 34.0 Å². The number of halogens is 2. The van der Waals surface area contributed by atoms with Crippen LogP contribution in [0.4, 0.5) is 17.1 Å². The minimum Gasteiger partial charge on any atom is -0.459 e. The molecule has 1 aliphatic heterocycles. The first-order chi connectivity index (χ1) is 18.0. The number of carbonyl (C=O) groups excluding carboxylic acids is 4. The number of aryl methyl sites for hydroxylation is 1. The Morgan fingerprint density at radius 3 is 2.05 bits per heavy atom. The van der Waals surface area contributed by atoms with E-state index < -0.39 is 17.8 Å². The molecule has 0 bridgehead atoms. The van der Waals surface area contributed by atoms with Gasteiger partial charge in [-0.15, -0.1) is 0 Å². The summed E-state index contributed by atoms with van der Waals surface area (Å²) in [6.45, 7) is 5.34. The van der Waals surface area contributed by atoms with Crippen LogP contribution >= 0.6 is 23.2 Å². The second-order valence-corrected chi connectivity index (χ2v) is 9.54. The van der Waals surface area contributed by atoms with Crippen LogP contribution in [-0.4, -0.2) is 29.8 Å². The van der Waals surface area contributed by atoms with Crippen molar-refractivity contribution in [3.8, 4) is 0 Å². The lowest BCUT2D eigenvalue weighted by molar-refractivity contribution is -0.120. The molecular formula is C28H23Cl2N3O5. The van der Waals surface area contributed by atoms with Gasteiger partial charge in [-0.05, 0) is 87.0 Å². The second-order valence-electron chi connectivity index (χ2n) is 8.76. The van der Waals surface area contributed by atoms with E-state index in [0.29, 0.717) is 22.0 Å². The van der Waals surface area contributed by atoms with Crippen LogP contribution in [0.25, 0.3) is 0 Å². The van der Waals surface area contributed by atoms with E-state index >= 15 is 0 Å². The number of ether oxygens (including phenoxy) is 1. The molecule has 1 heterocycles. The molecule has 0 fully saturated rings. The first-order valence-corrected chi connectivity index (χ1v) is 12.3. The van der Waals surface area contributed by atoms with E-state index in [9.17, 15) is 19.2 Å². The zero-order valence-corrected chi connectivity index (χ0v) is 22.2. The maximum Gasteiger partial charge on any atom is 0.338 e. The smallest absolute Gasteiger partial charge is 0.338 e. The van der Waals surface area contributed by atoms with Crippen molar-refractivity contribution in [1.29, 1.82) is 0 Å². The van der Waals surface area contributed by atoms with Crippen LogP contribution in [-0.2, 0) is 14.3 Å². The summed E-state index contributed by atoms with van der Waals surface area (Å²) in [7, 11) is 0. The topological polar surface area (TPSA) is 105 Å². The number of rotatable bonds is 7. The summed E-state index contributed by atoms with van der Waals surface area (Å²) in [4.78, 5) is 51.4. The molecule has 0 atom stereocenters. The number of esters is 1. The van der Waals surface area contributed by atoms with Gasteiger partial charge in [0, 0.05) is 22.0 Å². The highest BCUT2D eigenvalue weighted by Gasteiger charge is 2.39. The Balaban J connectivity index is 1.44. The largest absolute Gasteiger partial charge is 0.459 e. The molecule has 1 aliphatic rings. The highest BCUT2D eigenvalue weighted by molar-refractivity contribution is 6.53. The summed E-state index contributed by atoms with van der Waals surface area (Å²) in [6.07, 6.45) is -0.281. The third kappa shape index (κ3) is 5.72. The first kappa shape index (κ1) is 26.9. The van der Waals surface area contributed by atoms with Gasteiger partial charge in [-0.3, -0.25) is 14.4 Å². The zero-order chi connectivity index (χ0) is 27.6. The minimum atomic E-state index is -0.704. The van der Waals surface area contributed by atoms with E-state index in [1.807, 2.05) is 6.92 Å². The molecule has 4 rings (SSSR count). The fraction of sp³-hybridized carbons (Fsp3) is 0.143. The van der Waals surface area contributed by atoms with E-state index in [1.165, 1.54) is 24.3 Å². The molecule has 0 unspecified atom stereocenters. The van der Waals surface area contributed by atoms with Crippen molar-refractivity contribution >= 4 is 64.0 Å². The maximum atomic E-state index is 13.1. The zero-order valence-electron chi connectivity index (χ0n) is 20.7. The number of nitrogens with zero attached hydrogens (tertiary/aromatic N) is 1. The molecule has 3 amide bonds. The van der Waals surface area contributed by atoms with Crippen molar-refractivity contribution in [2.24, 2.45) is 0 Å². The van der Waals surface area contributed by atoms with Crippen molar-refractivity contribution in [2.45, 2.75) is 26.9 Å². The second kappa shape index (κ2) is 11.1. The number of amides is 3. The monoisotopic (exact) mass is 551 g/mol. The Labute approximate surface area is 229 Å². The van der Waals surface area contributed by atoms with Gasteiger partial charge in [-0.1, -0.05) is 29.3 Å². The van der Waals surface area contributed by atoms with Gasteiger partial charge in [0.2, 0.25) is 0 Å². The highest BCUT2D eigenvalue weighted by Crippen LogP contribution is 2.30. The van der Waals surface area contributed by atoms with Crippen LogP contribution in [0.2, 0.25) is 5.02 Å². The summed E-state index contributed by atoms with van der Waals surface area (Å²) in [5.41, 5.74) is 2.71. The lowest BCUT2D eigenvalue weighted by Crippen LogP contribution is -2.32. The van der Waals surface area contributed by atoms with Gasteiger partial charge < -0.3 is 15.4 Å². The molecular weight excluding hydrogens is 529 g/mol. The van der Waals surface area contributed by atoms with E-state index in [2.05, 4.69) is 10.6 Å². The summed E-state index contributed by atoms with van der Waals surface area (Å²) in [5, 5.41) is 5.90. The molecule has 3 aromatic carbocycles. The molecule has 0 saturated carbocycles. The Kier molecular flexibility index (Phi) is 7.85. The van der Waals surface area contributed by atoms with Crippen LogP contribution in [0, 0.1) is 6.92 Å². The standard InChI is InChI=1S/C28H23Cl2N3O5/c1-15(2)38-28(37)18-7-12-21(13-8-18)33-26(35)23(30)24(27(33)36)31-19-10-5-17(6-11-19)25(34)32-20-9-4-16(3)22(29)14-20/h4-15,31H,1-3H3,(H,32,34). The SMILES string of the molecule is Cc1ccc(NC(=O)c2ccc(NC3=C(Cl)C(=O)N(c4ccc(C(=O)OC(C)C)cc4)C3=O)cc2)cc1Cl. The molecule has 0 radical (unpaired) electrons. The van der Waals surface area contributed by atoms with Crippen LogP contribution in [0.5, 0.6) is 0 Å². The number of carbonyl (C=O) groups is 4. The van der Waals surface area contributed by atoms with E-state index in [1.54, 1.807) is 56.3 Å². The third-order valence-corrected chi connectivity index (χ3v) is 6.34. The average Bonchev–Trinajstić information content (AvgIpc) is 3.09. The number of anilines is 3. The molecule has 10 heteroatoms. The lowest BCUT2D eigenvalue weighted by atomic mass is 10.1. The van der Waals surface area contributed by atoms with Gasteiger partial charge in [0.05, 0.1) is 17.4 Å². The molecule has 2 N–H and O–H groups in total. The van der Waals surface area contributed by atoms with Crippen molar-refractivity contribution < 1.29 is 23.9 Å². The van der Waals surface area contributed by atoms with Crippen molar-refractivity contribution in [3.05, 3.63) is 99.2 Å². The summed E-state index contributed by atoms with van der Waals surface area (Å²) >= 11 is 12.3. The van der Waals surface area contributed by atoms with Gasteiger partial charge in [0.1, 0.15) is 10.7 Å². The first-order valence-electron chi connectivity index (χ1n) is 11.6. The van der Waals surface area contributed by atoms with Gasteiger partial charge in [0.15, 0.2) is 0 Å². The fourth-order valence-electron chi connectivity index (χ4n) is 3.60. The molecule has 0 aliphatic carbocycles. The van der Waals surface area contributed by atoms with Crippen LogP contribution in [0.15, 0.2) is 77.5 Å². The van der Waals surface area contributed by atoms with Crippen LogP contribution < -0.4 is 15.5 Å². The van der Waals surface area contributed by atoms with Crippen molar-refractivity contribution in [1.82, 2.24) is 0 Å². The molecule has 38 heavy (non-hydrogen) atoms. The molecule has 0 aromatic heterocycles. The quantitative estimate of drug-likeness (QED) is 0.279. The molecule has 0 spiro atoms. The lowest BCUT2D eigenvalue weighted by Gasteiger charge is -2.16. The van der Waals surface area contributed by atoms with Crippen molar-refractivity contribution in [2.75, 3.05) is 15.5 Å². The molecule has 8 nitrogen and oxygen atoms in total. The Morgan fingerprint density at radius 2 is 1.45 bits per heavy atom. The van der Waals surface area contributed by atoms with Crippen LogP contribution in [0.3, 0.4) is 0 Å². The summed E-state index contributed by atoms with van der Waals surface area (Å²) < 4.78 is 5.15. The number of hydrogen-bond acceptors (Lipinski definition) is 6. The minimum absolute atomic E-state index is 0.105. The Morgan fingerprint density at radius 1 is 0.842 bits per heavy atom. The maximum absolute atomic E-state index is 13.1. The van der Waals surface area contributed by atoms with Gasteiger partial charge in [0.25, 0.3) is 17.7 Å². The molecule has 3 aromatic rings. The Bertz CT molecular complexity index is 1460. The van der Waals surface area contributed by atoms with Gasteiger partial charge in [-0.25, -0.2) is 9.69 Å². The van der Waals surface area contributed by atoms with Gasteiger partial charge >= 0.3 is 5.97 Å². The van der Waals surface area contributed by atoms with E-state index in [0.717, 1.165) is 10.5 Å². The van der Waals surface area contributed by atoms with E-state index in [4.69, 9.17) is 27.9 Å². The number of benzene rings is 3. The molecule has 0 saturated heterocycles. The number of hydrogen-bond donors (Lipinski definition) is 2. The molecule has 194 valence electrons.